The van der Waals surface area contributed by atoms with Crippen molar-refractivity contribution in [1.29, 1.82) is 0 Å². The van der Waals surface area contributed by atoms with Gasteiger partial charge in [0.25, 0.3) is 0 Å². The van der Waals surface area contributed by atoms with E-state index in [0.29, 0.717) is 32.3 Å². The minimum absolute atomic E-state index is 0.0232. The van der Waals surface area contributed by atoms with Gasteiger partial charge < -0.3 is 4.74 Å². The largest absolute Gasteiger partial charge is 0.466 e. The summed E-state index contributed by atoms with van der Waals surface area (Å²) in [6.45, 7) is 4.30. The molecule has 0 saturated heterocycles. The summed E-state index contributed by atoms with van der Waals surface area (Å²) >= 11 is 0. The predicted octanol–water partition coefficient (Wildman–Crippen LogP) is 2.87. The van der Waals surface area contributed by atoms with Gasteiger partial charge in [-0.05, 0) is 32.1 Å². The molecule has 0 aromatic heterocycles. The number of carbonyl (C=O) groups excluding carboxylic acids is 2. The van der Waals surface area contributed by atoms with Crippen molar-refractivity contribution in [2.45, 2.75) is 58.8 Å². The van der Waals surface area contributed by atoms with Gasteiger partial charge >= 0.3 is 5.97 Å². The third-order valence-electron chi connectivity index (χ3n) is 2.22. The molecular formula is C14H22O3. The van der Waals surface area contributed by atoms with Gasteiger partial charge in [0.15, 0.2) is 0 Å². The molecule has 3 heteroatoms. The van der Waals surface area contributed by atoms with Crippen molar-refractivity contribution in [1.82, 2.24) is 0 Å². The third kappa shape index (κ3) is 11.0. The topological polar surface area (TPSA) is 43.4 Å². The van der Waals surface area contributed by atoms with E-state index in [-0.39, 0.29) is 11.8 Å². The number of ether oxygens (including phenoxy) is 1. The summed E-state index contributed by atoms with van der Waals surface area (Å²) in [6.07, 6.45) is 5.18. The molecule has 0 unspecified atom stereocenters. The SMILES string of the molecule is CCCCC#CC(=O)CCCCC(=O)OCC. The van der Waals surface area contributed by atoms with Crippen molar-refractivity contribution in [2.24, 2.45) is 0 Å². The zero-order valence-corrected chi connectivity index (χ0v) is 10.9. The minimum Gasteiger partial charge on any atom is -0.466 e. The Bertz CT molecular complexity index is 284. The van der Waals surface area contributed by atoms with Gasteiger partial charge in [0.05, 0.1) is 6.61 Å². The van der Waals surface area contributed by atoms with Crippen LogP contribution in [0.15, 0.2) is 0 Å². The van der Waals surface area contributed by atoms with E-state index < -0.39 is 0 Å². The van der Waals surface area contributed by atoms with Crippen LogP contribution in [-0.2, 0) is 14.3 Å². The highest BCUT2D eigenvalue weighted by Crippen LogP contribution is 2.02. The van der Waals surface area contributed by atoms with Crippen LogP contribution in [0.4, 0.5) is 0 Å². The minimum atomic E-state index is -0.186. The van der Waals surface area contributed by atoms with Crippen LogP contribution >= 0.6 is 0 Å². The lowest BCUT2D eigenvalue weighted by atomic mass is 10.1. The molecule has 0 fully saturated rings. The van der Waals surface area contributed by atoms with Crippen molar-refractivity contribution in [3.63, 3.8) is 0 Å². The Labute approximate surface area is 104 Å². The van der Waals surface area contributed by atoms with Gasteiger partial charge in [-0.1, -0.05) is 19.3 Å². The van der Waals surface area contributed by atoms with Crippen molar-refractivity contribution in [2.75, 3.05) is 6.61 Å². The number of ketones is 1. The second-order valence-corrected chi connectivity index (χ2v) is 3.84. The first-order valence-electron chi connectivity index (χ1n) is 6.38. The lowest BCUT2D eigenvalue weighted by molar-refractivity contribution is -0.143. The maximum atomic E-state index is 11.3. The molecule has 0 saturated carbocycles. The Hall–Kier alpha value is -1.30. The maximum Gasteiger partial charge on any atom is 0.305 e. The summed E-state index contributed by atoms with van der Waals surface area (Å²) in [7, 11) is 0. The Balaban J connectivity index is 3.50. The van der Waals surface area contributed by atoms with Crippen LogP contribution in [0, 0.1) is 11.8 Å². The molecule has 0 bridgehead atoms. The second kappa shape index (κ2) is 11.2. The third-order valence-corrected chi connectivity index (χ3v) is 2.22. The Morgan fingerprint density at radius 2 is 1.76 bits per heavy atom. The fourth-order valence-electron chi connectivity index (χ4n) is 1.28. The molecule has 0 rings (SSSR count). The molecule has 0 amide bonds. The van der Waals surface area contributed by atoms with Crippen LogP contribution in [0.3, 0.4) is 0 Å². The lowest BCUT2D eigenvalue weighted by Crippen LogP contribution is -2.03. The van der Waals surface area contributed by atoms with E-state index in [2.05, 4.69) is 18.8 Å². The summed E-state index contributed by atoms with van der Waals surface area (Å²) in [5.74, 6) is 5.28. The molecule has 0 aliphatic rings. The normalized spacial score (nSPS) is 9.29. The zero-order chi connectivity index (χ0) is 12.9. The van der Waals surface area contributed by atoms with Gasteiger partial charge in [0.1, 0.15) is 0 Å². The predicted molar refractivity (Wildman–Crippen MR) is 67.4 cm³/mol. The summed E-state index contributed by atoms with van der Waals surface area (Å²) in [5.41, 5.74) is 0. The highest BCUT2D eigenvalue weighted by atomic mass is 16.5. The van der Waals surface area contributed by atoms with E-state index in [1.165, 1.54) is 0 Å². The highest BCUT2D eigenvalue weighted by molar-refractivity contribution is 5.95. The lowest BCUT2D eigenvalue weighted by Gasteiger charge is -1.99. The average Bonchev–Trinajstić information content (AvgIpc) is 2.31. The number of Topliss-reactive ketones (excluding diaryl/α,β-unsaturated/α-hetero) is 1. The first-order chi connectivity index (χ1) is 8.20. The smallest absolute Gasteiger partial charge is 0.305 e. The van der Waals surface area contributed by atoms with Crippen molar-refractivity contribution in [3.05, 3.63) is 0 Å². The Morgan fingerprint density at radius 1 is 1.06 bits per heavy atom. The zero-order valence-electron chi connectivity index (χ0n) is 10.9. The van der Waals surface area contributed by atoms with Crippen LogP contribution in [-0.4, -0.2) is 18.4 Å². The molecule has 0 aliphatic carbocycles. The van der Waals surface area contributed by atoms with E-state index in [1.54, 1.807) is 6.92 Å². The number of esters is 1. The van der Waals surface area contributed by atoms with Gasteiger partial charge in [0.2, 0.25) is 5.78 Å². The molecule has 0 aromatic rings. The molecule has 0 spiro atoms. The van der Waals surface area contributed by atoms with Crippen LogP contribution in [0.25, 0.3) is 0 Å². The number of hydrogen-bond donors (Lipinski definition) is 0. The second-order valence-electron chi connectivity index (χ2n) is 3.84. The molecule has 96 valence electrons. The first-order valence-corrected chi connectivity index (χ1v) is 6.38. The average molecular weight is 238 g/mol. The molecule has 0 aromatic carbocycles. The van der Waals surface area contributed by atoms with Crippen molar-refractivity contribution in [3.8, 4) is 11.8 Å². The maximum absolute atomic E-state index is 11.3. The van der Waals surface area contributed by atoms with E-state index in [0.717, 1.165) is 19.3 Å². The summed E-state index contributed by atoms with van der Waals surface area (Å²) in [6, 6.07) is 0. The molecular weight excluding hydrogens is 216 g/mol. The Morgan fingerprint density at radius 3 is 2.41 bits per heavy atom. The summed E-state index contributed by atoms with van der Waals surface area (Å²) in [4.78, 5) is 22.3. The first kappa shape index (κ1) is 15.7. The van der Waals surface area contributed by atoms with Crippen LogP contribution in [0.1, 0.15) is 58.8 Å². The standard InChI is InChI=1S/C14H22O3/c1-3-5-6-7-10-13(15)11-8-9-12-14(16)17-4-2/h3-6,8-9,11-12H2,1-2H3. The molecule has 0 N–H and O–H groups in total. The van der Waals surface area contributed by atoms with Crippen LogP contribution in [0.2, 0.25) is 0 Å². The van der Waals surface area contributed by atoms with E-state index in [1.807, 2.05) is 0 Å². The number of unbranched alkanes of at least 4 members (excludes halogenated alkanes) is 3. The fraction of sp³-hybridized carbons (Fsp3) is 0.714. The van der Waals surface area contributed by atoms with E-state index >= 15 is 0 Å². The van der Waals surface area contributed by atoms with Gasteiger partial charge in [-0.2, -0.15) is 0 Å². The quantitative estimate of drug-likeness (QED) is 0.283. The monoisotopic (exact) mass is 238 g/mol. The van der Waals surface area contributed by atoms with Crippen LogP contribution < -0.4 is 0 Å². The highest BCUT2D eigenvalue weighted by Gasteiger charge is 2.02. The van der Waals surface area contributed by atoms with Crippen LogP contribution in [0.5, 0.6) is 0 Å². The fourth-order valence-corrected chi connectivity index (χ4v) is 1.28. The van der Waals surface area contributed by atoms with Gasteiger partial charge in [-0.3, -0.25) is 9.59 Å². The molecule has 0 aliphatic heterocycles. The number of hydrogen-bond acceptors (Lipinski definition) is 3. The molecule has 17 heavy (non-hydrogen) atoms. The van der Waals surface area contributed by atoms with E-state index in [9.17, 15) is 9.59 Å². The summed E-state index contributed by atoms with van der Waals surface area (Å²) < 4.78 is 4.79. The van der Waals surface area contributed by atoms with Gasteiger partial charge in [-0.15, -0.1) is 0 Å². The summed E-state index contributed by atoms with van der Waals surface area (Å²) in [5, 5.41) is 0. The Kier molecular flexibility index (Phi) is 10.3. The van der Waals surface area contributed by atoms with Gasteiger partial charge in [-0.25, -0.2) is 0 Å². The number of carbonyl (C=O) groups is 2. The molecule has 3 nitrogen and oxygen atoms in total. The number of rotatable bonds is 8. The van der Waals surface area contributed by atoms with Gasteiger partial charge in [0, 0.05) is 19.3 Å². The van der Waals surface area contributed by atoms with Crippen molar-refractivity contribution >= 4 is 11.8 Å². The van der Waals surface area contributed by atoms with Crippen molar-refractivity contribution < 1.29 is 14.3 Å². The molecule has 0 heterocycles. The van der Waals surface area contributed by atoms with E-state index in [4.69, 9.17) is 4.74 Å². The molecule has 0 radical (unpaired) electrons. The molecule has 0 atom stereocenters.